The van der Waals surface area contributed by atoms with Crippen LogP contribution in [0.1, 0.15) is 32.4 Å². The highest BCUT2D eigenvalue weighted by atomic mass is 15.1. The molecule has 0 amide bonds. The van der Waals surface area contributed by atoms with E-state index in [4.69, 9.17) is 0 Å². The Bertz CT molecular complexity index is 177. The van der Waals surface area contributed by atoms with Gasteiger partial charge in [0.25, 0.3) is 0 Å². The molecule has 2 nitrogen and oxygen atoms in total. The fourth-order valence-corrected chi connectivity index (χ4v) is 0.867. The van der Waals surface area contributed by atoms with Gasteiger partial charge in [-0.3, -0.25) is 5.10 Å². The van der Waals surface area contributed by atoms with Crippen molar-refractivity contribution in [2.75, 3.05) is 0 Å². The van der Waals surface area contributed by atoms with Crippen LogP contribution < -0.4 is 0 Å². The van der Waals surface area contributed by atoms with Crippen molar-refractivity contribution in [1.82, 2.24) is 10.2 Å². The molecule has 0 aromatic carbocycles. The van der Waals surface area contributed by atoms with E-state index in [2.05, 4.69) is 31.0 Å². The van der Waals surface area contributed by atoms with E-state index in [-0.39, 0.29) is 0 Å². The van der Waals surface area contributed by atoms with E-state index in [0.717, 1.165) is 5.69 Å². The van der Waals surface area contributed by atoms with Crippen molar-refractivity contribution in [3.8, 4) is 0 Å². The van der Waals surface area contributed by atoms with Crippen LogP contribution >= 0.6 is 0 Å². The summed E-state index contributed by atoms with van der Waals surface area (Å²) in [5.41, 5.74) is 1.16. The summed E-state index contributed by atoms with van der Waals surface area (Å²) in [5.74, 6) is 1.23. The molecule has 1 heterocycles. The summed E-state index contributed by atoms with van der Waals surface area (Å²) in [6, 6.07) is 2.03. The zero-order valence-electron chi connectivity index (χ0n) is 6.76. The average molecular weight is 138 g/mol. The van der Waals surface area contributed by atoms with E-state index in [9.17, 15) is 0 Å². The van der Waals surface area contributed by atoms with Crippen LogP contribution in [0, 0.1) is 5.92 Å². The van der Waals surface area contributed by atoms with Gasteiger partial charge in [-0.05, 0) is 12.0 Å². The van der Waals surface area contributed by atoms with Crippen LogP contribution in [0.25, 0.3) is 0 Å². The van der Waals surface area contributed by atoms with Gasteiger partial charge in [-0.15, -0.1) is 0 Å². The molecule has 0 saturated heterocycles. The fourth-order valence-electron chi connectivity index (χ4n) is 0.867. The summed E-state index contributed by atoms with van der Waals surface area (Å²) >= 11 is 0. The molecule has 1 aromatic rings. The number of aromatic nitrogens is 2. The van der Waals surface area contributed by atoms with Crippen molar-refractivity contribution in [3.05, 3.63) is 18.0 Å². The second-order valence-electron chi connectivity index (χ2n) is 3.03. The summed E-state index contributed by atoms with van der Waals surface area (Å²) in [4.78, 5) is 0. The minimum absolute atomic E-state index is 0.561. The summed E-state index contributed by atoms with van der Waals surface area (Å²) in [6.07, 6.45) is 1.87. The number of nitrogens with one attached hydrogen (secondary N) is 1. The molecule has 0 radical (unpaired) electrons. The Balaban J connectivity index is 2.68. The first-order valence-electron chi connectivity index (χ1n) is 3.71. The maximum Gasteiger partial charge on any atom is 0.0652 e. The highest BCUT2D eigenvalue weighted by molar-refractivity contribution is 5.04. The van der Waals surface area contributed by atoms with Gasteiger partial charge in [0.2, 0.25) is 0 Å². The number of rotatable bonds is 2. The van der Waals surface area contributed by atoms with Crippen molar-refractivity contribution in [2.45, 2.75) is 26.7 Å². The molecule has 0 aliphatic carbocycles. The molecule has 0 fully saturated rings. The van der Waals surface area contributed by atoms with Crippen LogP contribution in [0.5, 0.6) is 0 Å². The summed E-state index contributed by atoms with van der Waals surface area (Å²) in [5, 5.41) is 6.93. The first kappa shape index (κ1) is 7.32. The second kappa shape index (κ2) is 2.86. The minimum Gasteiger partial charge on any atom is -0.285 e. The van der Waals surface area contributed by atoms with Gasteiger partial charge in [0.05, 0.1) is 5.69 Å². The van der Waals surface area contributed by atoms with Crippen molar-refractivity contribution < 1.29 is 0 Å². The van der Waals surface area contributed by atoms with Crippen molar-refractivity contribution in [2.24, 2.45) is 5.92 Å². The zero-order valence-corrected chi connectivity index (χ0v) is 6.76. The van der Waals surface area contributed by atoms with Gasteiger partial charge in [0.15, 0.2) is 0 Å². The molecular formula is C8H14N2. The predicted octanol–water partition coefficient (Wildman–Crippen LogP) is 2.17. The van der Waals surface area contributed by atoms with Crippen molar-refractivity contribution in [3.63, 3.8) is 0 Å². The molecule has 1 aromatic heterocycles. The number of aromatic amines is 1. The van der Waals surface area contributed by atoms with E-state index in [1.807, 2.05) is 12.3 Å². The first-order chi connectivity index (χ1) is 4.72. The van der Waals surface area contributed by atoms with Gasteiger partial charge < -0.3 is 0 Å². The largest absolute Gasteiger partial charge is 0.285 e. The molecule has 1 rings (SSSR count). The molecular weight excluding hydrogens is 124 g/mol. The van der Waals surface area contributed by atoms with Gasteiger partial charge in [-0.2, -0.15) is 5.10 Å². The maximum atomic E-state index is 4.11. The summed E-state index contributed by atoms with van der Waals surface area (Å²) in [6.45, 7) is 6.61. The number of nitrogens with zero attached hydrogens (tertiary/aromatic N) is 1. The van der Waals surface area contributed by atoms with Crippen molar-refractivity contribution >= 4 is 0 Å². The molecule has 56 valence electrons. The van der Waals surface area contributed by atoms with E-state index in [0.29, 0.717) is 11.8 Å². The molecule has 10 heavy (non-hydrogen) atoms. The third-order valence-electron chi connectivity index (χ3n) is 1.99. The fraction of sp³-hybridized carbons (Fsp3) is 0.625. The normalized spacial score (nSPS) is 14.0. The molecule has 0 spiro atoms. The monoisotopic (exact) mass is 138 g/mol. The van der Waals surface area contributed by atoms with Gasteiger partial charge in [0.1, 0.15) is 0 Å². The molecule has 0 saturated carbocycles. The lowest BCUT2D eigenvalue weighted by Gasteiger charge is -2.11. The molecule has 1 atom stereocenters. The van der Waals surface area contributed by atoms with Gasteiger partial charge >= 0.3 is 0 Å². The molecule has 1 N–H and O–H groups in total. The topological polar surface area (TPSA) is 28.7 Å². The minimum atomic E-state index is 0.561. The highest BCUT2D eigenvalue weighted by Crippen LogP contribution is 2.20. The summed E-state index contributed by atoms with van der Waals surface area (Å²) < 4.78 is 0. The number of H-pyrrole nitrogens is 1. The molecule has 1 unspecified atom stereocenters. The Hall–Kier alpha value is -0.790. The predicted molar refractivity (Wildman–Crippen MR) is 41.8 cm³/mol. The van der Waals surface area contributed by atoms with Crippen LogP contribution in [0.15, 0.2) is 12.3 Å². The molecule has 0 aliphatic rings. The smallest absolute Gasteiger partial charge is 0.0652 e. The van der Waals surface area contributed by atoms with E-state index in [1.54, 1.807) is 0 Å². The lowest BCUT2D eigenvalue weighted by Crippen LogP contribution is -2.01. The number of hydrogen-bond acceptors (Lipinski definition) is 1. The second-order valence-corrected chi connectivity index (χ2v) is 3.03. The maximum absolute atomic E-state index is 4.11. The standard InChI is InChI=1S/C8H14N2/c1-6(2)7(3)8-4-5-9-10-8/h4-7H,1-3H3,(H,9,10). The molecule has 2 heteroatoms. The Morgan fingerprint density at radius 3 is 2.50 bits per heavy atom. The third-order valence-corrected chi connectivity index (χ3v) is 1.99. The van der Waals surface area contributed by atoms with Gasteiger partial charge in [-0.1, -0.05) is 20.8 Å². The van der Waals surface area contributed by atoms with Crippen LogP contribution in [-0.2, 0) is 0 Å². The lowest BCUT2D eigenvalue weighted by atomic mass is 9.95. The average Bonchev–Trinajstić information content (AvgIpc) is 2.36. The quantitative estimate of drug-likeness (QED) is 0.666. The van der Waals surface area contributed by atoms with Gasteiger partial charge in [-0.25, -0.2) is 0 Å². The SMILES string of the molecule is CC(C)C(C)c1cc[nH]n1. The number of hydrogen-bond donors (Lipinski definition) is 1. The Morgan fingerprint density at radius 1 is 1.40 bits per heavy atom. The van der Waals surface area contributed by atoms with E-state index < -0.39 is 0 Å². The Kier molecular flexibility index (Phi) is 2.10. The van der Waals surface area contributed by atoms with Crippen LogP contribution in [0.3, 0.4) is 0 Å². The summed E-state index contributed by atoms with van der Waals surface area (Å²) in [7, 11) is 0. The van der Waals surface area contributed by atoms with E-state index in [1.165, 1.54) is 0 Å². The van der Waals surface area contributed by atoms with Gasteiger partial charge in [0, 0.05) is 12.1 Å². The molecule has 0 aliphatic heterocycles. The van der Waals surface area contributed by atoms with E-state index >= 15 is 0 Å². The lowest BCUT2D eigenvalue weighted by molar-refractivity contribution is 0.522. The third kappa shape index (κ3) is 1.38. The highest BCUT2D eigenvalue weighted by Gasteiger charge is 2.10. The van der Waals surface area contributed by atoms with Crippen LogP contribution in [-0.4, -0.2) is 10.2 Å². The Morgan fingerprint density at radius 2 is 2.10 bits per heavy atom. The Labute approximate surface area is 61.7 Å². The van der Waals surface area contributed by atoms with Crippen molar-refractivity contribution in [1.29, 1.82) is 0 Å². The van der Waals surface area contributed by atoms with Crippen LogP contribution in [0.4, 0.5) is 0 Å². The first-order valence-corrected chi connectivity index (χ1v) is 3.71. The molecule has 0 bridgehead atoms. The van der Waals surface area contributed by atoms with Crippen LogP contribution in [0.2, 0.25) is 0 Å². The zero-order chi connectivity index (χ0) is 7.56.